The molecule has 2 N–H and O–H groups in total. The second-order valence-corrected chi connectivity index (χ2v) is 8.28. The quantitative estimate of drug-likeness (QED) is 0.861. The summed E-state index contributed by atoms with van der Waals surface area (Å²) >= 11 is 0. The van der Waals surface area contributed by atoms with E-state index in [9.17, 15) is 4.79 Å². The Morgan fingerprint density at radius 3 is 2.73 bits per heavy atom. The molecule has 5 heteroatoms. The van der Waals surface area contributed by atoms with Gasteiger partial charge in [0.25, 0.3) is 0 Å². The Labute approximate surface area is 156 Å². The number of ether oxygens (including phenoxy) is 1. The van der Waals surface area contributed by atoms with Crippen LogP contribution in [0, 0.1) is 6.92 Å². The van der Waals surface area contributed by atoms with Crippen molar-refractivity contribution in [2.45, 2.75) is 65.6 Å². The van der Waals surface area contributed by atoms with E-state index in [4.69, 9.17) is 4.74 Å². The van der Waals surface area contributed by atoms with Crippen molar-refractivity contribution in [3.05, 3.63) is 40.6 Å². The summed E-state index contributed by atoms with van der Waals surface area (Å²) in [5, 5.41) is 7.17. The molecular weight excluding hydrogens is 326 g/mol. The van der Waals surface area contributed by atoms with Gasteiger partial charge in [-0.05, 0) is 52.5 Å². The van der Waals surface area contributed by atoms with Gasteiger partial charge < -0.3 is 20.3 Å². The molecule has 1 amide bonds. The topological polar surface area (TPSA) is 53.6 Å². The maximum atomic E-state index is 12.5. The van der Waals surface area contributed by atoms with Crippen molar-refractivity contribution in [3.63, 3.8) is 0 Å². The summed E-state index contributed by atoms with van der Waals surface area (Å²) in [5.41, 5.74) is 5.95. The molecule has 3 rings (SSSR count). The number of fused-ring (bicyclic) bond motifs is 2. The standard InChI is InChI=1S/C21H31N3O2/c1-6-11-24(20(25)26-21(3,4)5)13-18-22-17-10-8-15-12-14(2)7-9-16(15)19(17)23-18/h7,9,12,18,22-23H,6,8,10-11,13H2,1-5H3. The third kappa shape index (κ3) is 4.14. The van der Waals surface area contributed by atoms with Crippen LogP contribution in [0.3, 0.4) is 0 Å². The minimum Gasteiger partial charge on any atom is -0.444 e. The first-order chi connectivity index (χ1) is 12.3. The first-order valence-electron chi connectivity index (χ1n) is 9.61. The van der Waals surface area contributed by atoms with E-state index in [0.717, 1.165) is 19.3 Å². The van der Waals surface area contributed by atoms with Crippen LogP contribution in [0.4, 0.5) is 4.79 Å². The van der Waals surface area contributed by atoms with Crippen molar-refractivity contribution >= 4 is 11.8 Å². The van der Waals surface area contributed by atoms with Gasteiger partial charge in [-0.25, -0.2) is 4.79 Å². The molecule has 1 aliphatic heterocycles. The fourth-order valence-electron chi connectivity index (χ4n) is 3.62. The maximum Gasteiger partial charge on any atom is 0.410 e. The van der Waals surface area contributed by atoms with E-state index in [0.29, 0.717) is 13.1 Å². The molecule has 0 aromatic heterocycles. The van der Waals surface area contributed by atoms with Crippen LogP contribution in [0.1, 0.15) is 57.2 Å². The highest BCUT2D eigenvalue weighted by molar-refractivity contribution is 5.74. The molecule has 2 aliphatic rings. The summed E-state index contributed by atoms with van der Waals surface area (Å²) in [5.74, 6) is 0. The predicted molar refractivity (Wildman–Crippen MR) is 105 cm³/mol. The molecule has 26 heavy (non-hydrogen) atoms. The third-order valence-electron chi connectivity index (χ3n) is 4.69. The van der Waals surface area contributed by atoms with E-state index in [1.54, 1.807) is 4.90 Å². The van der Waals surface area contributed by atoms with Crippen LogP contribution < -0.4 is 10.6 Å². The normalized spacial score (nSPS) is 18.6. The highest BCUT2D eigenvalue weighted by atomic mass is 16.6. The van der Waals surface area contributed by atoms with Gasteiger partial charge >= 0.3 is 6.09 Å². The third-order valence-corrected chi connectivity index (χ3v) is 4.69. The first kappa shape index (κ1) is 18.6. The Balaban J connectivity index is 1.69. The number of hydrogen-bond acceptors (Lipinski definition) is 4. The van der Waals surface area contributed by atoms with Crippen LogP contribution >= 0.6 is 0 Å². The van der Waals surface area contributed by atoms with Gasteiger partial charge in [0.15, 0.2) is 0 Å². The second kappa shape index (κ2) is 7.22. The Hall–Kier alpha value is -2.17. The number of rotatable bonds is 4. The van der Waals surface area contributed by atoms with E-state index in [1.165, 1.54) is 28.1 Å². The number of aryl methyl sites for hydroxylation is 2. The van der Waals surface area contributed by atoms with E-state index in [2.05, 4.69) is 42.7 Å². The summed E-state index contributed by atoms with van der Waals surface area (Å²) < 4.78 is 5.57. The highest BCUT2D eigenvalue weighted by Gasteiger charge is 2.31. The number of hydrogen-bond donors (Lipinski definition) is 2. The Morgan fingerprint density at radius 1 is 1.27 bits per heavy atom. The molecule has 0 fully saturated rings. The van der Waals surface area contributed by atoms with Crippen molar-refractivity contribution in [1.29, 1.82) is 0 Å². The number of allylic oxidation sites excluding steroid dienone is 1. The molecule has 1 heterocycles. The average Bonchev–Trinajstić information content (AvgIpc) is 2.95. The van der Waals surface area contributed by atoms with Crippen molar-refractivity contribution in [3.8, 4) is 0 Å². The Morgan fingerprint density at radius 2 is 2.04 bits per heavy atom. The van der Waals surface area contributed by atoms with Crippen LogP contribution in [0.2, 0.25) is 0 Å². The number of carbonyl (C=O) groups excluding carboxylic acids is 1. The van der Waals surface area contributed by atoms with Crippen LogP contribution in [0.5, 0.6) is 0 Å². The highest BCUT2D eigenvalue weighted by Crippen LogP contribution is 2.32. The van der Waals surface area contributed by atoms with E-state index in [1.807, 2.05) is 20.8 Å². The van der Waals surface area contributed by atoms with Gasteiger partial charge in [0, 0.05) is 17.8 Å². The van der Waals surface area contributed by atoms with Crippen LogP contribution in [-0.4, -0.2) is 35.8 Å². The predicted octanol–water partition coefficient (Wildman–Crippen LogP) is 3.78. The van der Waals surface area contributed by atoms with Crippen LogP contribution in [0.15, 0.2) is 23.9 Å². The summed E-state index contributed by atoms with van der Waals surface area (Å²) in [4.78, 5) is 14.3. The summed E-state index contributed by atoms with van der Waals surface area (Å²) in [6.07, 6.45) is 2.74. The van der Waals surface area contributed by atoms with Crippen molar-refractivity contribution < 1.29 is 9.53 Å². The van der Waals surface area contributed by atoms with E-state index >= 15 is 0 Å². The van der Waals surface area contributed by atoms with Crippen LogP contribution in [0.25, 0.3) is 5.70 Å². The van der Waals surface area contributed by atoms with Gasteiger partial charge in [0.05, 0.1) is 12.2 Å². The molecule has 1 aromatic carbocycles. The van der Waals surface area contributed by atoms with Crippen molar-refractivity contribution in [2.24, 2.45) is 0 Å². The Bertz CT molecular complexity index is 718. The number of benzene rings is 1. The van der Waals surface area contributed by atoms with Crippen molar-refractivity contribution in [1.82, 2.24) is 15.5 Å². The van der Waals surface area contributed by atoms with Crippen molar-refractivity contribution in [2.75, 3.05) is 13.1 Å². The van der Waals surface area contributed by atoms with Gasteiger partial charge in [0.1, 0.15) is 11.8 Å². The molecule has 1 unspecified atom stereocenters. The van der Waals surface area contributed by atoms with Gasteiger partial charge in [-0.1, -0.05) is 30.7 Å². The molecule has 1 aliphatic carbocycles. The van der Waals surface area contributed by atoms with Gasteiger partial charge in [-0.3, -0.25) is 0 Å². The van der Waals surface area contributed by atoms with Gasteiger partial charge in [-0.15, -0.1) is 0 Å². The SMILES string of the molecule is CCCN(CC1NC2=C(N1)c1ccc(C)cc1CC2)C(=O)OC(C)(C)C. The minimum absolute atomic E-state index is 0.0197. The lowest BCUT2D eigenvalue weighted by Gasteiger charge is -2.29. The molecule has 1 aromatic rings. The average molecular weight is 357 g/mol. The molecule has 0 bridgehead atoms. The zero-order chi connectivity index (χ0) is 18.9. The lowest BCUT2D eigenvalue weighted by atomic mass is 9.92. The molecule has 1 atom stereocenters. The monoisotopic (exact) mass is 357 g/mol. The maximum absolute atomic E-state index is 12.5. The number of nitrogens with zero attached hydrogens (tertiary/aromatic N) is 1. The zero-order valence-corrected chi connectivity index (χ0v) is 16.6. The molecule has 5 nitrogen and oxygen atoms in total. The second-order valence-electron chi connectivity index (χ2n) is 8.28. The molecule has 142 valence electrons. The number of amides is 1. The smallest absolute Gasteiger partial charge is 0.410 e. The molecule has 0 saturated heterocycles. The van der Waals surface area contributed by atoms with E-state index in [-0.39, 0.29) is 12.3 Å². The van der Waals surface area contributed by atoms with Gasteiger partial charge in [-0.2, -0.15) is 0 Å². The summed E-state index contributed by atoms with van der Waals surface area (Å²) in [6, 6.07) is 6.64. The Kier molecular flexibility index (Phi) is 5.17. The lowest BCUT2D eigenvalue weighted by molar-refractivity contribution is 0.0232. The first-order valence-corrected chi connectivity index (χ1v) is 9.61. The van der Waals surface area contributed by atoms with Gasteiger partial charge in [0.2, 0.25) is 0 Å². The lowest BCUT2D eigenvalue weighted by Crippen LogP contribution is -2.48. The zero-order valence-electron chi connectivity index (χ0n) is 16.6. The van der Waals surface area contributed by atoms with E-state index < -0.39 is 5.60 Å². The minimum atomic E-state index is -0.478. The summed E-state index contributed by atoms with van der Waals surface area (Å²) in [7, 11) is 0. The fraction of sp³-hybridized carbons (Fsp3) is 0.571. The molecule has 0 spiro atoms. The number of nitrogens with one attached hydrogen (secondary N) is 2. The molecule has 0 saturated carbocycles. The van der Waals surface area contributed by atoms with Crippen LogP contribution in [-0.2, 0) is 11.2 Å². The largest absolute Gasteiger partial charge is 0.444 e. The molecule has 0 radical (unpaired) electrons. The fourth-order valence-corrected chi connectivity index (χ4v) is 3.62. The summed E-state index contributed by atoms with van der Waals surface area (Å²) in [6.45, 7) is 11.2. The number of carbonyl (C=O) groups is 1. The molecular formula is C21H31N3O2.